The molecule has 0 saturated heterocycles. The predicted octanol–water partition coefficient (Wildman–Crippen LogP) is 4.07. The molecule has 0 aromatic heterocycles. The molecule has 3 aromatic carbocycles. The maximum atomic E-state index is 5.71. The second-order valence-corrected chi connectivity index (χ2v) is 4.96. The summed E-state index contributed by atoms with van der Waals surface area (Å²) in [6, 6.07) is 23.3. The Hall–Kier alpha value is -2.32. The molecule has 0 fully saturated rings. The second-order valence-electron chi connectivity index (χ2n) is 4.96. The highest BCUT2D eigenvalue weighted by Crippen LogP contribution is 2.27. The molecule has 2 nitrogen and oxygen atoms in total. The number of benzene rings is 3. The SMILES string of the molecule is CN(c1cccc(CN)c1)c1ccc2ccccc2c1. The van der Waals surface area contributed by atoms with E-state index in [1.807, 2.05) is 0 Å². The van der Waals surface area contributed by atoms with Gasteiger partial charge < -0.3 is 10.6 Å². The van der Waals surface area contributed by atoms with E-state index >= 15 is 0 Å². The van der Waals surface area contributed by atoms with E-state index in [9.17, 15) is 0 Å². The van der Waals surface area contributed by atoms with Crippen molar-refractivity contribution in [2.45, 2.75) is 6.54 Å². The standard InChI is InChI=1S/C18H18N2/c1-20(17-8-4-5-14(11-17)13-19)18-10-9-15-6-2-3-7-16(15)12-18/h2-12H,13,19H2,1H3. The molecule has 0 spiro atoms. The van der Waals surface area contributed by atoms with Crippen molar-refractivity contribution in [2.75, 3.05) is 11.9 Å². The van der Waals surface area contributed by atoms with Crippen LogP contribution in [0.5, 0.6) is 0 Å². The molecule has 0 bridgehead atoms. The molecule has 0 aliphatic rings. The second kappa shape index (κ2) is 5.35. The van der Waals surface area contributed by atoms with Gasteiger partial charge in [-0.1, -0.05) is 42.5 Å². The van der Waals surface area contributed by atoms with Gasteiger partial charge in [0, 0.05) is 25.0 Å². The van der Waals surface area contributed by atoms with Crippen molar-refractivity contribution in [3.8, 4) is 0 Å². The zero-order valence-corrected chi connectivity index (χ0v) is 11.6. The highest BCUT2D eigenvalue weighted by Gasteiger charge is 2.05. The summed E-state index contributed by atoms with van der Waals surface area (Å²) in [7, 11) is 2.08. The summed E-state index contributed by atoms with van der Waals surface area (Å²) in [6.07, 6.45) is 0. The Balaban J connectivity index is 2.00. The first-order chi connectivity index (χ1) is 9.78. The summed E-state index contributed by atoms with van der Waals surface area (Å²) in [5.41, 5.74) is 9.20. The van der Waals surface area contributed by atoms with E-state index in [-0.39, 0.29) is 0 Å². The van der Waals surface area contributed by atoms with Crippen LogP contribution in [0.2, 0.25) is 0 Å². The molecule has 20 heavy (non-hydrogen) atoms. The van der Waals surface area contributed by atoms with Gasteiger partial charge in [0.1, 0.15) is 0 Å². The van der Waals surface area contributed by atoms with Crippen LogP contribution >= 0.6 is 0 Å². The zero-order chi connectivity index (χ0) is 13.9. The molecule has 0 aliphatic carbocycles. The van der Waals surface area contributed by atoms with Gasteiger partial charge in [-0.3, -0.25) is 0 Å². The van der Waals surface area contributed by atoms with E-state index in [0.29, 0.717) is 6.54 Å². The maximum absolute atomic E-state index is 5.71. The minimum absolute atomic E-state index is 0.569. The van der Waals surface area contributed by atoms with Crippen molar-refractivity contribution < 1.29 is 0 Å². The van der Waals surface area contributed by atoms with Crippen LogP contribution in [0.15, 0.2) is 66.7 Å². The van der Waals surface area contributed by atoms with Gasteiger partial charge >= 0.3 is 0 Å². The molecule has 2 heteroatoms. The van der Waals surface area contributed by atoms with Gasteiger partial charge in [0.15, 0.2) is 0 Å². The average Bonchev–Trinajstić information content (AvgIpc) is 2.53. The molecule has 0 atom stereocenters. The number of nitrogens with two attached hydrogens (primary N) is 1. The first-order valence-electron chi connectivity index (χ1n) is 6.79. The Morgan fingerprint density at radius 2 is 1.55 bits per heavy atom. The lowest BCUT2D eigenvalue weighted by Gasteiger charge is -2.20. The van der Waals surface area contributed by atoms with E-state index in [2.05, 4.69) is 78.7 Å². The Bertz CT molecular complexity index is 734. The molecule has 100 valence electrons. The smallest absolute Gasteiger partial charge is 0.0414 e. The van der Waals surface area contributed by atoms with Gasteiger partial charge in [-0.2, -0.15) is 0 Å². The Kier molecular flexibility index (Phi) is 3.40. The Morgan fingerprint density at radius 3 is 2.35 bits per heavy atom. The lowest BCUT2D eigenvalue weighted by atomic mass is 10.1. The molecule has 0 unspecified atom stereocenters. The van der Waals surface area contributed by atoms with Gasteiger partial charge in [0.25, 0.3) is 0 Å². The highest BCUT2D eigenvalue weighted by molar-refractivity contribution is 5.86. The molecule has 0 heterocycles. The molecule has 0 saturated carbocycles. The van der Waals surface area contributed by atoms with Crippen molar-refractivity contribution in [2.24, 2.45) is 5.73 Å². The quantitative estimate of drug-likeness (QED) is 0.771. The fraction of sp³-hybridized carbons (Fsp3) is 0.111. The number of anilines is 2. The van der Waals surface area contributed by atoms with Crippen molar-refractivity contribution in [3.05, 3.63) is 72.3 Å². The topological polar surface area (TPSA) is 29.3 Å². The van der Waals surface area contributed by atoms with Crippen LogP contribution in [0.3, 0.4) is 0 Å². The van der Waals surface area contributed by atoms with Gasteiger partial charge in [-0.25, -0.2) is 0 Å². The third-order valence-electron chi connectivity index (χ3n) is 3.65. The molecular weight excluding hydrogens is 244 g/mol. The van der Waals surface area contributed by atoms with E-state index < -0.39 is 0 Å². The number of nitrogens with zero attached hydrogens (tertiary/aromatic N) is 1. The van der Waals surface area contributed by atoms with Crippen molar-refractivity contribution in [1.29, 1.82) is 0 Å². The normalized spacial score (nSPS) is 10.7. The molecule has 2 N–H and O–H groups in total. The fourth-order valence-electron chi connectivity index (χ4n) is 2.43. The lowest BCUT2D eigenvalue weighted by molar-refractivity contribution is 1.06. The maximum Gasteiger partial charge on any atom is 0.0414 e. The molecule has 3 rings (SSSR count). The van der Waals surface area contributed by atoms with Gasteiger partial charge in [0.05, 0.1) is 0 Å². The predicted molar refractivity (Wildman–Crippen MR) is 86.3 cm³/mol. The molecule has 0 aliphatic heterocycles. The van der Waals surface area contributed by atoms with Crippen LogP contribution in [0.25, 0.3) is 10.8 Å². The molecule has 3 aromatic rings. The minimum Gasteiger partial charge on any atom is -0.345 e. The van der Waals surface area contributed by atoms with E-state index in [1.54, 1.807) is 0 Å². The monoisotopic (exact) mass is 262 g/mol. The fourth-order valence-corrected chi connectivity index (χ4v) is 2.43. The Labute approximate surface area is 119 Å². The van der Waals surface area contributed by atoms with E-state index in [1.165, 1.54) is 16.5 Å². The summed E-state index contributed by atoms with van der Waals surface area (Å²) in [6.45, 7) is 0.569. The molecule has 0 amide bonds. The van der Waals surface area contributed by atoms with Crippen LogP contribution in [0.4, 0.5) is 11.4 Å². The number of rotatable bonds is 3. The van der Waals surface area contributed by atoms with Crippen LogP contribution in [0.1, 0.15) is 5.56 Å². The van der Waals surface area contributed by atoms with Gasteiger partial charge in [-0.05, 0) is 40.6 Å². The van der Waals surface area contributed by atoms with E-state index in [4.69, 9.17) is 5.73 Å². The third kappa shape index (κ3) is 2.38. The summed E-state index contributed by atoms with van der Waals surface area (Å²) >= 11 is 0. The summed E-state index contributed by atoms with van der Waals surface area (Å²) in [5.74, 6) is 0. The minimum atomic E-state index is 0.569. The summed E-state index contributed by atoms with van der Waals surface area (Å²) in [5, 5.41) is 2.52. The highest BCUT2D eigenvalue weighted by atomic mass is 15.1. The van der Waals surface area contributed by atoms with Crippen LogP contribution in [-0.4, -0.2) is 7.05 Å². The summed E-state index contributed by atoms with van der Waals surface area (Å²) < 4.78 is 0. The van der Waals surface area contributed by atoms with Gasteiger partial charge in [-0.15, -0.1) is 0 Å². The zero-order valence-electron chi connectivity index (χ0n) is 11.6. The molecular formula is C18H18N2. The number of fused-ring (bicyclic) bond motifs is 1. The van der Waals surface area contributed by atoms with Crippen molar-refractivity contribution in [1.82, 2.24) is 0 Å². The van der Waals surface area contributed by atoms with Gasteiger partial charge in [0.2, 0.25) is 0 Å². The number of hydrogen-bond donors (Lipinski definition) is 1. The number of hydrogen-bond acceptors (Lipinski definition) is 2. The van der Waals surface area contributed by atoms with E-state index in [0.717, 1.165) is 11.3 Å². The average molecular weight is 262 g/mol. The summed E-state index contributed by atoms with van der Waals surface area (Å²) in [4.78, 5) is 2.19. The lowest BCUT2D eigenvalue weighted by Crippen LogP contribution is -2.10. The molecule has 0 radical (unpaired) electrons. The van der Waals surface area contributed by atoms with Crippen molar-refractivity contribution in [3.63, 3.8) is 0 Å². The third-order valence-corrected chi connectivity index (χ3v) is 3.65. The largest absolute Gasteiger partial charge is 0.345 e. The Morgan fingerprint density at radius 1 is 0.800 bits per heavy atom. The first-order valence-corrected chi connectivity index (χ1v) is 6.79. The van der Waals surface area contributed by atoms with Crippen LogP contribution in [-0.2, 0) is 6.54 Å². The van der Waals surface area contributed by atoms with Crippen LogP contribution < -0.4 is 10.6 Å². The first kappa shape index (κ1) is 12.7. The van der Waals surface area contributed by atoms with Crippen molar-refractivity contribution >= 4 is 22.1 Å². The van der Waals surface area contributed by atoms with Crippen LogP contribution in [0, 0.1) is 0 Å².